The van der Waals surface area contributed by atoms with E-state index in [1.54, 1.807) is 4.90 Å². The van der Waals surface area contributed by atoms with Crippen molar-refractivity contribution in [2.75, 3.05) is 27.2 Å². The molecule has 0 aliphatic carbocycles. The summed E-state index contributed by atoms with van der Waals surface area (Å²) in [5.41, 5.74) is 0. The highest BCUT2D eigenvalue weighted by Crippen LogP contribution is 2.22. The fourth-order valence-corrected chi connectivity index (χ4v) is 1.86. The standard InChI is InChI=1S/C11H19N3O2/c1-8(2)10-7-16-11(15)14(10)9(5-12)6-13(3)4/h8-10H,6-7H2,1-4H3/t9?,10-/m1/s1. The molecular formula is C11H19N3O2. The van der Waals surface area contributed by atoms with Crippen molar-refractivity contribution in [3.05, 3.63) is 0 Å². The number of hydrogen-bond acceptors (Lipinski definition) is 4. The third kappa shape index (κ3) is 2.64. The molecular weight excluding hydrogens is 206 g/mol. The van der Waals surface area contributed by atoms with E-state index in [0.717, 1.165) is 0 Å². The van der Waals surface area contributed by atoms with E-state index in [9.17, 15) is 4.79 Å². The van der Waals surface area contributed by atoms with Crippen molar-refractivity contribution in [1.82, 2.24) is 9.80 Å². The molecule has 5 heteroatoms. The Bertz CT molecular complexity index is 296. The molecule has 90 valence electrons. The van der Waals surface area contributed by atoms with E-state index in [1.165, 1.54) is 0 Å². The summed E-state index contributed by atoms with van der Waals surface area (Å²) in [6, 6.07) is 1.75. The summed E-state index contributed by atoms with van der Waals surface area (Å²) < 4.78 is 5.02. The third-order valence-electron chi connectivity index (χ3n) is 2.74. The number of ether oxygens (including phenoxy) is 1. The molecule has 1 saturated heterocycles. The number of amides is 1. The van der Waals surface area contributed by atoms with Gasteiger partial charge in [-0.3, -0.25) is 4.90 Å². The average molecular weight is 225 g/mol. The van der Waals surface area contributed by atoms with Crippen molar-refractivity contribution in [3.8, 4) is 6.07 Å². The molecule has 0 radical (unpaired) electrons. The normalized spacial score (nSPS) is 22.4. The highest BCUT2D eigenvalue weighted by atomic mass is 16.6. The van der Waals surface area contributed by atoms with E-state index in [1.807, 2.05) is 32.8 Å². The first kappa shape index (κ1) is 12.8. The number of cyclic esters (lactones) is 1. The van der Waals surface area contributed by atoms with Crippen LogP contribution in [0.3, 0.4) is 0 Å². The zero-order valence-electron chi connectivity index (χ0n) is 10.3. The molecule has 1 heterocycles. The average Bonchev–Trinajstić information content (AvgIpc) is 2.56. The second-order valence-electron chi connectivity index (χ2n) is 4.70. The quantitative estimate of drug-likeness (QED) is 0.714. The van der Waals surface area contributed by atoms with Gasteiger partial charge in [0.25, 0.3) is 0 Å². The van der Waals surface area contributed by atoms with Gasteiger partial charge in [0.15, 0.2) is 0 Å². The molecule has 1 amide bonds. The fraction of sp³-hybridized carbons (Fsp3) is 0.818. The zero-order chi connectivity index (χ0) is 12.3. The first-order valence-corrected chi connectivity index (χ1v) is 5.46. The summed E-state index contributed by atoms with van der Waals surface area (Å²) in [4.78, 5) is 15.1. The Morgan fingerprint density at radius 1 is 1.62 bits per heavy atom. The van der Waals surface area contributed by atoms with Crippen molar-refractivity contribution in [1.29, 1.82) is 5.26 Å². The Balaban J connectivity index is 2.81. The fourth-order valence-electron chi connectivity index (χ4n) is 1.86. The van der Waals surface area contributed by atoms with Crippen molar-refractivity contribution in [3.63, 3.8) is 0 Å². The van der Waals surface area contributed by atoms with Crippen LogP contribution in [0.15, 0.2) is 0 Å². The minimum absolute atomic E-state index is 0.0112. The van der Waals surface area contributed by atoms with Gasteiger partial charge in [-0.1, -0.05) is 13.8 Å². The predicted molar refractivity (Wildman–Crippen MR) is 59.8 cm³/mol. The lowest BCUT2D eigenvalue weighted by Gasteiger charge is -2.29. The molecule has 1 unspecified atom stereocenters. The minimum Gasteiger partial charge on any atom is -0.447 e. The molecule has 5 nitrogen and oxygen atoms in total. The molecule has 0 aromatic heterocycles. The van der Waals surface area contributed by atoms with Gasteiger partial charge in [-0.05, 0) is 20.0 Å². The maximum absolute atomic E-state index is 11.6. The predicted octanol–water partition coefficient (Wildman–Crippen LogP) is 0.917. The summed E-state index contributed by atoms with van der Waals surface area (Å²) in [5, 5.41) is 9.13. The van der Waals surface area contributed by atoms with Gasteiger partial charge < -0.3 is 9.64 Å². The number of rotatable bonds is 4. The SMILES string of the molecule is CC(C)[C@H]1COC(=O)N1C(C#N)CN(C)C. The minimum atomic E-state index is -0.433. The Morgan fingerprint density at radius 2 is 2.25 bits per heavy atom. The van der Waals surface area contributed by atoms with Crippen LogP contribution in [0.4, 0.5) is 4.79 Å². The summed E-state index contributed by atoms with van der Waals surface area (Å²) in [5.74, 6) is 0.296. The molecule has 2 atom stereocenters. The number of carbonyl (C=O) groups is 1. The summed E-state index contributed by atoms with van der Waals surface area (Å²) in [6.07, 6.45) is -0.368. The van der Waals surface area contributed by atoms with Gasteiger partial charge in [0, 0.05) is 6.54 Å². The lowest BCUT2D eigenvalue weighted by Crippen LogP contribution is -2.48. The van der Waals surface area contributed by atoms with E-state index in [0.29, 0.717) is 19.1 Å². The van der Waals surface area contributed by atoms with E-state index in [4.69, 9.17) is 10.00 Å². The Hall–Kier alpha value is -1.28. The summed E-state index contributed by atoms with van der Waals surface area (Å²) in [6.45, 7) is 4.99. The first-order valence-electron chi connectivity index (χ1n) is 5.46. The molecule has 1 rings (SSSR count). The van der Waals surface area contributed by atoms with Crippen LogP contribution in [0.2, 0.25) is 0 Å². The topological polar surface area (TPSA) is 56.6 Å². The van der Waals surface area contributed by atoms with Gasteiger partial charge in [0.1, 0.15) is 12.6 Å². The largest absolute Gasteiger partial charge is 0.447 e. The Labute approximate surface area is 96.6 Å². The van der Waals surface area contributed by atoms with Crippen LogP contribution in [0, 0.1) is 17.2 Å². The molecule has 1 fully saturated rings. The van der Waals surface area contributed by atoms with Crippen LogP contribution < -0.4 is 0 Å². The number of likely N-dealkylation sites (N-methyl/N-ethyl adjacent to an activating group) is 1. The van der Waals surface area contributed by atoms with Gasteiger partial charge in [-0.15, -0.1) is 0 Å². The summed E-state index contributed by atoms with van der Waals surface area (Å²) in [7, 11) is 3.77. The van der Waals surface area contributed by atoms with Crippen LogP contribution in [0.5, 0.6) is 0 Å². The van der Waals surface area contributed by atoms with E-state index in [2.05, 4.69) is 6.07 Å². The van der Waals surface area contributed by atoms with Crippen molar-refractivity contribution >= 4 is 6.09 Å². The number of nitriles is 1. The van der Waals surface area contributed by atoms with Gasteiger partial charge in [-0.25, -0.2) is 4.79 Å². The third-order valence-corrected chi connectivity index (χ3v) is 2.74. The number of carbonyl (C=O) groups excluding carboxylic acids is 1. The molecule has 0 N–H and O–H groups in total. The van der Waals surface area contributed by atoms with Gasteiger partial charge in [-0.2, -0.15) is 5.26 Å². The highest BCUT2D eigenvalue weighted by Gasteiger charge is 2.39. The van der Waals surface area contributed by atoms with Gasteiger partial charge in [0.2, 0.25) is 0 Å². The smallest absolute Gasteiger partial charge is 0.411 e. The lowest BCUT2D eigenvalue weighted by molar-refractivity contribution is 0.142. The van der Waals surface area contributed by atoms with E-state index in [-0.39, 0.29) is 12.1 Å². The number of hydrogen-bond donors (Lipinski definition) is 0. The van der Waals surface area contributed by atoms with Crippen LogP contribution in [-0.2, 0) is 4.74 Å². The van der Waals surface area contributed by atoms with Crippen LogP contribution in [-0.4, -0.2) is 55.2 Å². The monoisotopic (exact) mass is 225 g/mol. The molecule has 0 spiro atoms. The number of nitrogens with zero attached hydrogens (tertiary/aromatic N) is 3. The molecule has 0 bridgehead atoms. The molecule has 1 aliphatic heterocycles. The highest BCUT2D eigenvalue weighted by molar-refractivity contribution is 5.71. The van der Waals surface area contributed by atoms with Crippen molar-refractivity contribution < 1.29 is 9.53 Å². The molecule has 16 heavy (non-hydrogen) atoms. The lowest BCUT2D eigenvalue weighted by atomic mass is 10.0. The van der Waals surface area contributed by atoms with Crippen LogP contribution in [0.25, 0.3) is 0 Å². The molecule has 0 aromatic rings. The molecule has 1 aliphatic rings. The van der Waals surface area contributed by atoms with Crippen molar-refractivity contribution in [2.45, 2.75) is 25.9 Å². The van der Waals surface area contributed by atoms with Gasteiger partial charge in [0.05, 0.1) is 12.1 Å². The van der Waals surface area contributed by atoms with E-state index >= 15 is 0 Å². The van der Waals surface area contributed by atoms with Crippen LogP contribution >= 0.6 is 0 Å². The Kier molecular flexibility index (Phi) is 4.13. The van der Waals surface area contributed by atoms with Gasteiger partial charge >= 0.3 is 6.09 Å². The van der Waals surface area contributed by atoms with Crippen LogP contribution in [0.1, 0.15) is 13.8 Å². The van der Waals surface area contributed by atoms with Crippen molar-refractivity contribution in [2.24, 2.45) is 5.92 Å². The second-order valence-corrected chi connectivity index (χ2v) is 4.70. The molecule has 0 aromatic carbocycles. The second kappa shape index (κ2) is 5.17. The summed E-state index contributed by atoms with van der Waals surface area (Å²) >= 11 is 0. The zero-order valence-corrected chi connectivity index (χ0v) is 10.3. The molecule has 0 saturated carbocycles. The van der Waals surface area contributed by atoms with E-state index < -0.39 is 6.04 Å². The Morgan fingerprint density at radius 3 is 2.69 bits per heavy atom. The maximum Gasteiger partial charge on any atom is 0.411 e. The first-order chi connectivity index (χ1) is 7.47. The maximum atomic E-state index is 11.6.